The molecule has 0 fully saturated rings. The third-order valence-corrected chi connectivity index (χ3v) is 4.50. The van der Waals surface area contributed by atoms with E-state index in [4.69, 9.17) is 0 Å². The Morgan fingerprint density at radius 2 is 1.60 bits per heavy atom. The van der Waals surface area contributed by atoms with Crippen LogP contribution in [-0.4, -0.2) is 18.4 Å². The summed E-state index contributed by atoms with van der Waals surface area (Å²) < 4.78 is 83.1. The first-order valence-electron chi connectivity index (χ1n) is 9.84. The van der Waals surface area contributed by atoms with E-state index in [2.05, 4.69) is 15.4 Å². The monoisotopic (exact) mass is 494 g/mol. The Labute approximate surface area is 195 Å². The molecular formula is C24H16F6N2O3. The first-order chi connectivity index (χ1) is 16.5. The van der Waals surface area contributed by atoms with E-state index in [-0.39, 0.29) is 22.6 Å². The Hall–Kier alpha value is -4.28. The van der Waals surface area contributed by atoms with Crippen LogP contribution in [0, 0.1) is 5.82 Å². The Morgan fingerprint density at radius 3 is 2.26 bits per heavy atom. The summed E-state index contributed by atoms with van der Waals surface area (Å²) in [6, 6.07) is 12.7. The summed E-state index contributed by atoms with van der Waals surface area (Å²) in [5, 5.41) is 4.35. The number of hydrogen-bond acceptors (Lipinski definition) is 3. The lowest BCUT2D eigenvalue weighted by Crippen LogP contribution is -2.17. The molecule has 0 unspecified atom stereocenters. The zero-order valence-electron chi connectivity index (χ0n) is 17.6. The summed E-state index contributed by atoms with van der Waals surface area (Å²) in [5.41, 5.74) is -1.91. The average Bonchev–Trinajstić information content (AvgIpc) is 2.79. The van der Waals surface area contributed by atoms with Gasteiger partial charge in [-0.1, -0.05) is 18.2 Å². The molecule has 0 radical (unpaired) electrons. The molecule has 35 heavy (non-hydrogen) atoms. The molecule has 11 heteroatoms. The van der Waals surface area contributed by atoms with Gasteiger partial charge >= 0.3 is 12.8 Å². The zero-order valence-corrected chi connectivity index (χ0v) is 17.6. The molecule has 0 atom stereocenters. The normalized spacial score (nSPS) is 11.5. The Bertz CT molecular complexity index is 1240. The summed E-state index contributed by atoms with van der Waals surface area (Å²) in [7, 11) is 0. The fraction of sp³-hybridized carbons (Fsp3) is 0.0833. The van der Waals surface area contributed by atoms with Crippen molar-refractivity contribution in [3.8, 4) is 5.75 Å². The van der Waals surface area contributed by atoms with Crippen LogP contribution in [0.15, 0.2) is 72.8 Å². The van der Waals surface area contributed by atoms with Crippen LogP contribution in [0.1, 0.15) is 21.5 Å². The van der Waals surface area contributed by atoms with E-state index in [0.717, 1.165) is 36.4 Å². The van der Waals surface area contributed by atoms with Crippen molar-refractivity contribution in [2.75, 3.05) is 10.6 Å². The minimum atomic E-state index is -4.89. The quantitative estimate of drug-likeness (QED) is 0.297. The van der Waals surface area contributed by atoms with Crippen LogP contribution in [0.2, 0.25) is 0 Å². The van der Waals surface area contributed by atoms with Crippen LogP contribution in [0.25, 0.3) is 6.08 Å². The van der Waals surface area contributed by atoms with Crippen LogP contribution >= 0.6 is 0 Å². The highest BCUT2D eigenvalue weighted by Crippen LogP contribution is 2.36. The maximum Gasteiger partial charge on any atom is 0.418 e. The molecule has 2 N–H and O–H groups in total. The molecule has 0 saturated heterocycles. The van der Waals surface area contributed by atoms with Gasteiger partial charge in [-0.05, 0) is 54.6 Å². The van der Waals surface area contributed by atoms with Crippen molar-refractivity contribution < 1.29 is 40.7 Å². The van der Waals surface area contributed by atoms with Gasteiger partial charge in [0.15, 0.2) is 0 Å². The van der Waals surface area contributed by atoms with Crippen LogP contribution in [-0.2, 0) is 11.0 Å². The van der Waals surface area contributed by atoms with Crippen LogP contribution in [0.4, 0.5) is 37.7 Å². The molecule has 0 aliphatic rings. The van der Waals surface area contributed by atoms with E-state index >= 15 is 0 Å². The van der Waals surface area contributed by atoms with Gasteiger partial charge in [-0.3, -0.25) is 9.59 Å². The number of alkyl halides is 5. The van der Waals surface area contributed by atoms with Crippen molar-refractivity contribution in [3.05, 3.63) is 95.3 Å². The molecule has 2 amide bonds. The fourth-order valence-electron chi connectivity index (χ4n) is 2.93. The molecule has 5 nitrogen and oxygen atoms in total. The highest BCUT2D eigenvalue weighted by Gasteiger charge is 2.34. The Kier molecular flexibility index (Phi) is 7.80. The topological polar surface area (TPSA) is 67.4 Å². The van der Waals surface area contributed by atoms with Crippen LogP contribution in [0.3, 0.4) is 0 Å². The number of ether oxygens (including phenoxy) is 1. The van der Waals surface area contributed by atoms with Crippen LogP contribution < -0.4 is 15.4 Å². The Balaban J connectivity index is 1.78. The van der Waals surface area contributed by atoms with Gasteiger partial charge in [-0.15, -0.1) is 0 Å². The number of carbonyl (C=O) groups is 2. The SMILES string of the molecule is O=C(C=Cc1ccccc1OC(F)F)Nc1ccc(NC(=O)c2ccc(F)cc2)cc1C(F)(F)F. The lowest BCUT2D eigenvalue weighted by Gasteiger charge is -2.15. The molecule has 0 spiro atoms. The number of carbonyl (C=O) groups excluding carboxylic acids is 2. The van der Waals surface area contributed by atoms with Gasteiger partial charge in [0.1, 0.15) is 11.6 Å². The number of rotatable bonds is 7. The van der Waals surface area contributed by atoms with Crippen molar-refractivity contribution in [1.29, 1.82) is 0 Å². The molecule has 0 aromatic heterocycles. The van der Waals surface area contributed by atoms with Crippen molar-refractivity contribution in [3.63, 3.8) is 0 Å². The zero-order chi connectivity index (χ0) is 25.6. The van der Waals surface area contributed by atoms with E-state index in [9.17, 15) is 35.9 Å². The highest BCUT2D eigenvalue weighted by molar-refractivity contribution is 6.05. The van der Waals surface area contributed by atoms with Gasteiger partial charge in [0.2, 0.25) is 5.91 Å². The predicted molar refractivity (Wildman–Crippen MR) is 117 cm³/mol. The molecule has 0 saturated carbocycles. The fourth-order valence-corrected chi connectivity index (χ4v) is 2.93. The number of nitrogens with one attached hydrogen (secondary N) is 2. The number of anilines is 2. The van der Waals surface area contributed by atoms with Gasteiger partial charge in [-0.2, -0.15) is 22.0 Å². The molecule has 0 aliphatic heterocycles. The molecule has 0 heterocycles. The van der Waals surface area contributed by atoms with E-state index < -0.39 is 41.7 Å². The average molecular weight is 494 g/mol. The molecule has 182 valence electrons. The third kappa shape index (κ3) is 7.10. The van der Waals surface area contributed by atoms with E-state index in [0.29, 0.717) is 6.07 Å². The molecule has 3 aromatic rings. The smallest absolute Gasteiger partial charge is 0.418 e. The Morgan fingerprint density at radius 1 is 0.914 bits per heavy atom. The minimum Gasteiger partial charge on any atom is -0.434 e. The lowest BCUT2D eigenvalue weighted by atomic mass is 10.1. The maximum absolute atomic E-state index is 13.6. The van der Waals surface area contributed by atoms with Gasteiger partial charge in [0.25, 0.3) is 5.91 Å². The number of halogens is 6. The van der Waals surface area contributed by atoms with Crippen molar-refractivity contribution in [1.82, 2.24) is 0 Å². The lowest BCUT2D eigenvalue weighted by molar-refractivity contribution is -0.136. The summed E-state index contributed by atoms with van der Waals surface area (Å²) in [4.78, 5) is 24.4. The molecule has 3 aromatic carbocycles. The second-order valence-electron chi connectivity index (χ2n) is 6.96. The van der Waals surface area contributed by atoms with Gasteiger partial charge in [-0.25, -0.2) is 4.39 Å². The van der Waals surface area contributed by atoms with E-state index in [1.807, 2.05) is 0 Å². The second-order valence-corrected chi connectivity index (χ2v) is 6.96. The van der Waals surface area contributed by atoms with Crippen molar-refractivity contribution in [2.24, 2.45) is 0 Å². The standard InChI is InChI=1S/C24H16F6N2O3/c25-16-8-5-15(6-9-16)22(34)31-17-10-11-19(18(13-17)24(28,29)30)32-21(33)12-7-14-3-1-2-4-20(14)35-23(26)27/h1-13,23H,(H,31,34)(H,32,33). The number of amides is 2. The predicted octanol–water partition coefficient (Wildman–Crippen LogP) is 6.35. The van der Waals surface area contributed by atoms with E-state index in [1.54, 1.807) is 0 Å². The maximum atomic E-state index is 13.6. The largest absolute Gasteiger partial charge is 0.434 e. The second kappa shape index (κ2) is 10.8. The first-order valence-corrected chi connectivity index (χ1v) is 9.84. The van der Waals surface area contributed by atoms with Crippen molar-refractivity contribution >= 4 is 29.3 Å². The third-order valence-electron chi connectivity index (χ3n) is 4.50. The molecule has 0 aliphatic carbocycles. The van der Waals surface area contributed by atoms with Gasteiger partial charge in [0, 0.05) is 22.9 Å². The van der Waals surface area contributed by atoms with Crippen molar-refractivity contribution in [2.45, 2.75) is 12.8 Å². The van der Waals surface area contributed by atoms with Crippen LogP contribution in [0.5, 0.6) is 5.75 Å². The number of hydrogen-bond donors (Lipinski definition) is 2. The summed E-state index contributed by atoms with van der Waals surface area (Å²) in [6.07, 6.45) is -2.92. The number of benzene rings is 3. The first kappa shape index (κ1) is 25.3. The molecular weight excluding hydrogens is 478 g/mol. The number of para-hydroxylation sites is 1. The minimum absolute atomic E-state index is 0.0265. The van der Waals surface area contributed by atoms with Gasteiger partial charge < -0.3 is 15.4 Å². The summed E-state index contributed by atoms with van der Waals surface area (Å²) >= 11 is 0. The van der Waals surface area contributed by atoms with Gasteiger partial charge in [0.05, 0.1) is 11.3 Å². The summed E-state index contributed by atoms with van der Waals surface area (Å²) in [5.74, 6) is -2.53. The van der Waals surface area contributed by atoms with E-state index in [1.165, 1.54) is 36.4 Å². The summed E-state index contributed by atoms with van der Waals surface area (Å²) in [6.45, 7) is -3.10. The molecule has 3 rings (SSSR count). The molecule has 0 bridgehead atoms. The highest BCUT2D eigenvalue weighted by atomic mass is 19.4.